The van der Waals surface area contributed by atoms with Crippen molar-refractivity contribution < 1.29 is 51.5 Å². The van der Waals surface area contributed by atoms with Crippen molar-refractivity contribution in [2.24, 2.45) is 0 Å². The molecule has 0 radical (unpaired) electrons. The number of hydrogen-bond acceptors (Lipinski definition) is 5. The Morgan fingerprint density at radius 1 is 0.606 bits per heavy atom. The Morgan fingerprint density at radius 2 is 1.00 bits per heavy atom. The molecule has 0 saturated heterocycles. The van der Waals surface area contributed by atoms with Crippen LogP contribution >= 0.6 is 0 Å². The Hall–Kier alpha value is -3.03. The van der Waals surface area contributed by atoms with Crippen LogP contribution in [0.1, 0.15) is 23.4 Å². The summed E-state index contributed by atoms with van der Waals surface area (Å²) in [4.78, 5) is 38.7. The number of aromatic nitrogens is 5. The Bertz CT molecular complexity index is 1370. The van der Waals surface area contributed by atoms with Crippen molar-refractivity contribution in [2.75, 3.05) is 0 Å². The molecule has 0 spiro atoms. The van der Waals surface area contributed by atoms with E-state index in [1.807, 2.05) is 54.6 Å². The van der Waals surface area contributed by atoms with Crippen LogP contribution in [0.4, 0.5) is 0 Å². The third-order valence-electron chi connectivity index (χ3n) is 4.96. The molecule has 33 heavy (non-hydrogen) atoms. The molecular formula is C23H17Cl2FeN5O2. The first-order chi connectivity index (χ1) is 14.5. The molecule has 0 bridgehead atoms. The van der Waals surface area contributed by atoms with Crippen LogP contribution in [0, 0.1) is 0 Å². The van der Waals surface area contributed by atoms with E-state index in [2.05, 4.69) is 9.97 Å². The summed E-state index contributed by atoms with van der Waals surface area (Å²) in [5.74, 6) is 0.607. The van der Waals surface area contributed by atoms with Gasteiger partial charge in [-0.1, -0.05) is 30.3 Å². The predicted octanol–water partition coefficient (Wildman–Crippen LogP) is -1.56. The van der Waals surface area contributed by atoms with E-state index in [0.29, 0.717) is 34.1 Å². The van der Waals surface area contributed by atoms with Crippen LogP contribution in [-0.4, -0.2) is 35.9 Å². The summed E-state index contributed by atoms with van der Waals surface area (Å²) < 4.78 is 3.10. The van der Waals surface area contributed by atoms with Crippen LogP contribution in [0.25, 0.3) is 45.1 Å². The number of hydrogen-bond donors (Lipinski definition) is 0. The molecule has 3 aromatic heterocycles. The van der Waals surface area contributed by atoms with E-state index in [-0.39, 0.29) is 53.7 Å². The van der Waals surface area contributed by atoms with Crippen molar-refractivity contribution in [3.05, 3.63) is 66.7 Å². The average molecular weight is 522 g/mol. The van der Waals surface area contributed by atoms with Crippen LogP contribution in [-0.2, 0) is 17.1 Å². The molecular weight excluding hydrogens is 505 g/mol. The largest absolute Gasteiger partial charge is 2.00 e. The number of imidazole rings is 2. The Morgan fingerprint density at radius 3 is 1.39 bits per heavy atom. The minimum absolute atomic E-state index is 0. The van der Waals surface area contributed by atoms with E-state index in [9.17, 15) is 9.59 Å². The summed E-state index contributed by atoms with van der Waals surface area (Å²) >= 11 is 0. The number of halogens is 2. The molecule has 0 unspecified atom stereocenters. The van der Waals surface area contributed by atoms with E-state index in [4.69, 9.17) is 4.98 Å². The zero-order valence-electron chi connectivity index (χ0n) is 17.5. The number of benzene rings is 2. The van der Waals surface area contributed by atoms with Crippen LogP contribution in [0.15, 0.2) is 66.7 Å². The van der Waals surface area contributed by atoms with Gasteiger partial charge >= 0.3 is 17.1 Å². The Labute approximate surface area is 212 Å². The summed E-state index contributed by atoms with van der Waals surface area (Å²) in [5, 5.41) is 0. The summed E-state index contributed by atoms with van der Waals surface area (Å²) in [6.07, 6.45) is 0. The number of rotatable bonds is 2. The van der Waals surface area contributed by atoms with Crippen LogP contribution in [0.5, 0.6) is 0 Å². The maximum absolute atomic E-state index is 12.4. The van der Waals surface area contributed by atoms with Gasteiger partial charge in [0.2, 0.25) is 11.8 Å². The molecule has 0 saturated carbocycles. The molecule has 10 heteroatoms. The standard InChI is InChI=1S/C23H17N5O2.2ClH.Fe/c1-14(29)27-20-12-5-3-8-16(20)25-22(27)18-10-7-11-19(24-18)23-26-17-9-4-6-13-21(17)28(23)15(2)30;;;/h3-13H,1-2H3;2*1H;/q;;;+2/p-2. The van der Waals surface area contributed by atoms with Crippen molar-refractivity contribution in [3.8, 4) is 23.0 Å². The second kappa shape index (κ2) is 10.3. The fourth-order valence-electron chi connectivity index (χ4n) is 3.72. The molecule has 168 valence electrons. The van der Waals surface area contributed by atoms with Crippen molar-refractivity contribution >= 4 is 33.9 Å². The first kappa shape index (κ1) is 26.2. The van der Waals surface area contributed by atoms with E-state index >= 15 is 0 Å². The quantitative estimate of drug-likeness (QED) is 0.262. The monoisotopic (exact) mass is 521 g/mol. The molecule has 0 aliphatic heterocycles. The number of para-hydroxylation sites is 4. The summed E-state index contributed by atoms with van der Waals surface area (Å²) in [6, 6.07) is 20.3. The third kappa shape index (κ3) is 4.43. The number of carbonyl (C=O) groups is 2. The average Bonchev–Trinajstić information content (AvgIpc) is 3.33. The van der Waals surface area contributed by atoms with Crippen LogP contribution in [0.2, 0.25) is 0 Å². The van der Waals surface area contributed by atoms with Crippen LogP contribution < -0.4 is 24.8 Å². The van der Waals surface area contributed by atoms with E-state index in [0.717, 1.165) is 11.0 Å². The van der Waals surface area contributed by atoms with Crippen molar-refractivity contribution in [1.29, 1.82) is 0 Å². The zero-order valence-corrected chi connectivity index (χ0v) is 20.1. The Balaban J connectivity index is 0.00000128. The van der Waals surface area contributed by atoms with Gasteiger partial charge in [0.05, 0.1) is 22.1 Å². The topological polar surface area (TPSA) is 82.7 Å². The smallest absolute Gasteiger partial charge is 1.00 e. The van der Waals surface area contributed by atoms with E-state index in [1.54, 1.807) is 21.3 Å². The fraction of sp³-hybridized carbons (Fsp3) is 0.0870. The van der Waals surface area contributed by atoms with Gasteiger partial charge in [-0.25, -0.2) is 15.0 Å². The van der Waals surface area contributed by atoms with Gasteiger partial charge in [-0.3, -0.25) is 18.7 Å². The number of carbonyl (C=O) groups excluding carboxylic acids is 2. The fourth-order valence-corrected chi connectivity index (χ4v) is 3.72. The number of nitrogens with zero attached hydrogens (tertiary/aromatic N) is 5. The van der Waals surface area contributed by atoms with Gasteiger partial charge in [0.1, 0.15) is 11.4 Å². The summed E-state index contributed by atoms with van der Waals surface area (Å²) in [6.45, 7) is 2.99. The van der Waals surface area contributed by atoms with Crippen molar-refractivity contribution in [2.45, 2.75) is 13.8 Å². The second-order valence-corrected chi connectivity index (χ2v) is 6.97. The number of pyridine rings is 1. The first-order valence-electron chi connectivity index (χ1n) is 9.49. The molecule has 0 atom stereocenters. The van der Waals surface area contributed by atoms with E-state index < -0.39 is 0 Å². The molecule has 5 rings (SSSR count). The van der Waals surface area contributed by atoms with Gasteiger partial charge in [0, 0.05) is 13.8 Å². The second-order valence-electron chi connectivity index (χ2n) is 6.97. The van der Waals surface area contributed by atoms with Crippen LogP contribution in [0.3, 0.4) is 0 Å². The Kier molecular flexibility index (Phi) is 8.16. The predicted molar refractivity (Wildman–Crippen MR) is 114 cm³/mol. The molecule has 5 aromatic rings. The third-order valence-corrected chi connectivity index (χ3v) is 4.96. The van der Waals surface area contributed by atoms with Gasteiger partial charge in [0.25, 0.3) is 0 Å². The zero-order chi connectivity index (χ0) is 20.8. The summed E-state index contributed by atoms with van der Waals surface area (Å²) in [7, 11) is 0. The first-order valence-corrected chi connectivity index (χ1v) is 9.49. The van der Waals surface area contributed by atoms with Gasteiger partial charge in [-0.05, 0) is 36.4 Å². The van der Waals surface area contributed by atoms with Gasteiger partial charge in [-0.15, -0.1) is 0 Å². The van der Waals surface area contributed by atoms with Crippen molar-refractivity contribution in [1.82, 2.24) is 24.1 Å². The summed E-state index contributed by atoms with van der Waals surface area (Å²) in [5.41, 5.74) is 3.94. The molecule has 0 aliphatic rings. The maximum Gasteiger partial charge on any atom is 2.00 e. The minimum Gasteiger partial charge on any atom is -1.00 e. The van der Waals surface area contributed by atoms with E-state index in [1.165, 1.54) is 13.8 Å². The van der Waals surface area contributed by atoms with Gasteiger partial charge in [-0.2, -0.15) is 0 Å². The van der Waals surface area contributed by atoms with Gasteiger partial charge < -0.3 is 24.8 Å². The number of fused-ring (bicyclic) bond motifs is 2. The molecule has 0 amide bonds. The SMILES string of the molecule is CC(=O)n1c(-c2cccc(-c3nc4ccccc4n3C(C)=O)n2)nc2ccccc21.[Cl-].[Cl-].[Fe+2]. The molecule has 7 nitrogen and oxygen atoms in total. The maximum atomic E-state index is 12.4. The minimum atomic E-state index is -0.151. The molecule has 0 aliphatic carbocycles. The van der Waals surface area contributed by atoms with Crippen molar-refractivity contribution in [3.63, 3.8) is 0 Å². The molecule has 0 N–H and O–H groups in total. The van der Waals surface area contributed by atoms with Gasteiger partial charge in [0.15, 0.2) is 11.6 Å². The molecule has 2 aromatic carbocycles. The molecule has 0 fully saturated rings. The molecule has 3 heterocycles. The normalized spacial score (nSPS) is 10.2.